The van der Waals surface area contributed by atoms with Crippen LogP contribution in [0.5, 0.6) is 11.5 Å². The van der Waals surface area contributed by atoms with Crippen molar-refractivity contribution in [3.63, 3.8) is 0 Å². The Bertz CT molecular complexity index is 599. The number of nitrogens with one attached hydrogen (secondary N) is 1. The van der Waals surface area contributed by atoms with Crippen LogP contribution < -0.4 is 14.8 Å². The zero-order chi connectivity index (χ0) is 18.2. The number of hydrogen-bond donors (Lipinski definition) is 2. The predicted molar refractivity (Wildman–Crippen MR) is 92.4 cm³/mol. The summed E-state index contributed by atoms with van der Waals surface area (Å²) in [4.78, 5) is 26.5. The fraction of sp³-hybridized carbons (Fsp3) is 0.556. The summed E-state index contributed by atoms with van der Waals surface area (Å²) in [5.41, 5.74) is 0.755. The van der Waals surface area contributed by atoms with Crippen LogP contribution in [0.25, 0.3) is 0 Å². The van der Waals surface area contributed by atoms with Crippen molar-refractivity contribution < 1.29 is 24.2 Å². The molecule has 2 rings (SSSR count). The third-order valence-electron chi connectivity index (χ3n) is 3.92. The fourth-order valence-corrected chi connectivity index (χ4v) is 2.76. The fourth-order valence-electron chi connectivity index (χ4n) is 2.76. The molecule has 0 bridgehead atoms. The van der Waals surface area contributed by atoms with Gasteiger partial charge in [-0.25, -0.2) is 0 Å². The van der Waals surface area contributed by atoms with Crippen LogP contribution in [0, 0.1) is 0 Å². The molecule has 1 heterocycles. The van der Waals surface area contributed by atoms with Crippen molar-refractivity contribution in [3.8, 4) is 11.5 Å². The Morgan fingerprint density at radius 3 is 2.52 bits per heavy atom. The molecule has 7 heteroatoms. The van der Waals surface area contributed by atoms with E-state index in [1.807, 2.05) is 13.8 Å². The second-order valence-corrected chi connectivity index (χ2v) is 5.99. The molecule has 0 aromatic heterocycles. The quantitative estimate of drug-likeness (QED) is 0.696. The number of amides is 2. The highest BCUT2D eigenvalue weighted by atomic mass is 16.7. The number of carbonyl (C=O) groups is 2. The Kier molecular flexibility index (Phi) is 7.06. The SMILES string of the molecule is CCCN(CCC)C(=O)C(CO)NC(=O)Cc1ccc2c(c1)OCO2. The van der Waals surface area contributed by atoms with Crippen molar-refractivity contribution in [2.24, 2.45) is 0 Å². The highest BCUT2D eigenvalue weighted by Crippen LogP contribution is 2.32. The van der Waals surface area contributed by atoms with Crippen molar-refractivity contribution >= 4 is 11.8 Å². The first-order chi connectivity index (χ1) is 12.1. The van der Waals surface area contributed by atoms with E-state index in [1.54, 1.807) is 23.1 Å². The number of aliphatic hydroxyl groups is 1. The van der Waals surface area contributed by atoms with Crippen LogP contribution >= 0.6 is 0 Å². The second-order valence-electron chi connectivity index (χ2n) is 5.99. The number of hydrogen-bond acceptors (Lipinski definition) is 5. The van der Waals surface area contributed by atoms with Gasteiger partial charge in [-0.15, -0.1) is 0 Å². The lowest BCUT2D eigenvalue weighted by atomic mass is 10.1. The maximum atomic E-state index is 12.5. The normalized spacial score (nSPS) is 13.4. The van der Waals surface area contributed by atoms with E-state index in [1.165, 1.54) is 0 Å². The predicted octanol–water partition coefficient (Wildman–Crippen LogP) is 1.08. The molecule has 0 saturated heterocycles. The Balaban J connectivity index is 1.95. The van der Waals surface area contributed by atoms with Crippen LogP contribution in [0.3, 0.4) is 0 Å². The summed E-state index contributed by atoms with van der Waals surface area (Å²) in [6.45, 7) is 4.96. The zero-order valence-electron chi connectivity index (χ0n) is 14.8. The number of fused-ring (bicyclic) bond motifs is 1. The molecule has 0 aliphatic carbocycles. The van der Waals surface area contributed by atoms with E-state index >= 15 is 0 Å². The Hall–Kier alpha value is -2.28. The molecule has 0 spiro atoms. The number of benzene rings is 1. The standard InChI is InChI=1S/C18H26N2O5/c1-3-7-20(8-4-2)18(23)14(11-21)19-17(22)10-13-5-6-15-16(9-13)25-12-24-15/h5-6,9,14,21H,3-4,7-8,10-12H2,1-2H3,(H,19,22). The van der Waals surface area contributed by atoms with Gasteiger partial charge >= 0.3 is 0 Å². The smallest absolute Gasteiger partial charge is 0.247 e. The molecular formula is C18H26N2O5. The topological polar surface area (TPSA) is 88.1 Å². The van der Waals surface area contributed by atoms with E-state index < -0.39 is 12.6 Å². The minimum absolute atomic E-state index is 0.0992. The van der Waals surface area contributed by atoms with E-state index in [9.17, 15) is 14.7 Å². The van der Waals surface area contributed by atoms with Crippen LogP contribution in [0.2, 0.25) is 0 Å². The molecule has 2 N–H and O–H groups in total. The highest BCUT2D eigenvalue weighted by molar-refractivity contribution is 5.88. The molecule has 1 aromatic rings. The van der Waals surface area contributed by atoms with Gasteiger partial charge in [0.25, 0.3) is 0 Å². The first kappa shape index (κ1) is 19.1. The number of nitrogens with zero attached hydrogens (tertiary/aromatic N) is 1. The summed E-state index contributed by atoms with van der Waals surface area (Å²) in [7, 11) is 0. The summed E-state index contributed by atoms with van der Waals surface area (Å²) in [6.07, 6.45) is 1.76. The molecule has 1 aromatic carbocycles. The van der Waals surface area contributed by atoms with Gasteiger partial charge in [0, 0.05) is 13.1 Å². The van der Waals surface area contributed by atoms with Crippen LogP contribution in [0.15, 0.2) is 18.2 Å². The van der Waals surface area contributed by atoms with Crippen molar-refractivity contribution in [1.29, 1.82) is 0 Å². The minimum Gasteiger partial charge on any atom is -0.454 e. The molecule has 25 heavy (non-hydrogen) atoms. The zero-order valence-corrected chi connectivity index (χ0v) is 14.8. The molecule has 2 amide bonds. The molecule has 0 fully saturated rings. The van der Waals surface area contributed by atoms with Gasteiger partial charge < -0.3 is 24.8 Å². The van der Waals surface area contributed by atoms with Crippen LogP contribution in [0.4, 0.5) is 0 Å². The van der Waals surface area contributed by atoms with Gasteiger partial charge in [-0.2, -0.15) is 0 Å². The monoisotopic (exact) mass is 350 g/mol. The third-order valence-corrected chi connectivity index (χ3v) is 3.92. The lowest BCUT2D eigenvalue weighted by Crippen LogP contribution is -2.51. The van der Waals surface area contributed by atoms with Gasteiger partial charge in [-0.3, -0.25) is 9.59 Å². The summed E-state index contributed by atoms with van der Waals surface area (Å²) in [5, 5.41) is 12.2. The first-order valence-corrected chi connectivity index (χ1v) is 8.66. The average molecular weight is 350 g/mol. The van der Waals surface area contributed by atoms with Crippen molar-refractivity contribution in [3.05, 3.63) is 23.8 Å². The minimum atomic E-state index is -0.917. The van der Waals surface area contributed by atoms with Crippen molar-refractivity contribution in [2.45, 2.75) is 39.2 Å². The van der Waals surface area contributed by atoms with Crippen LogP contribution in [-0.2, 0) is 16.0 Å². The molecule has 0 radical (unpaired) electrons. The molecule has 138 valence electrons. The van der Waals surface area contributed by atoms with Gasteiger partial charge in [-0.1, -0.05) is 19.9 Å². The summed E-state index contributed by atoms with van der Waals surface area (Å²) < 4.78 is 10.5. The van der Waals surface area contributed by atoms with E-state index in [0.717, 1.165) is 18.4 Å². The third kappa shape index (κ3) is 5.09. The van der Waals surface area contributed by atoms with E-state index in [4.69, 9.17) is 9.47 Å². The number of carbonyl (C=O) groups excluding carboxylic acids is 2. The Morgan fingerprint density at radius 2 is 1.88 bits per heavy atom. The Morgan fingerprint density at radius 1 is 1.20 bits per heavy atom. The molecule has 1 aliphatic heterocycles. The van der Waals surface area contributed by atoms with Crippen LogP contribution in [-0.4, -0.2) is 54.4 Å². The molecule has 7 nitrogen and oxygen atoms in total. The van der Waals surface area contributed by atoms with E-state index in [2.05, 4.69) is 5.32 Å². The largest absolute Gasteiger partial charge is 0.454 e. The second kappa shape index (κ2) is 9.27. The maximum absolute atomic E-state index is 12.5. The number of aliphatic hydroxyl groups excluding tert-OH is 1. The van der Waals surface area contributed by atoms with Crippen molar-refractivity contribution in [2.75, 3.05) is 26.5 Å². The van der Waals surface area contributed by atoms with Gasteiger partial charge in [0.2, 0.25) is 18.6 Å². The lowest BCUT2D eigenvalue weighted by Gasteiger charge is -2.26. The molecule has 1 atom stereocenters. The molecular weight excluding hydrogens is 324 g/mol. The maximum Gasteiger partial charge on any atom is 0.247 e. The average Bonchev–Trinajstić information content (AvgIpc) is 3.06. The van der Waals surface area contributed by atoms with Gasteiger partial charge in [0.15, 0.2) is 11.5 Å². The van der Waals surface area contributed by atoms with E-state index in [0.29, 0.717) is 24.6 Å². The van der Waals surface area contributed by atoms with Crippen LogP contribution in [0.1, 0.15) is 32.3 Å². The summed E-state index contributed by atoms with van der Waals surface area (Å²) >= 11 is 0. The molecule has 1 unspecified atom stereocenters. The number of ether oxygens (including phenoxy) is 2. The molecule has 0 saturated carbocycles. The van der Waals surface area contributed by atoms with Crippen molar-refractivity contribution in [1.82, 2.24) is 10.2 Å². The summed E-state index contributed by atoms with van der Waals surface area (Å²) in [6, 6.07) is 4.37. The van der Waals surface area contributed by atoms with E-state index in [-0.39, 0.29) is 25.0 Å². The van der Waals surface area contributed by atoms with Gasteiger partial charge in [-0.05, 0) is 30.5 Å². The van der Waals surface area contributed by atoms with Gasteiger partial charge in [0.05, 0.1) is 13.0 Å². The number of rotatable bonds is 9. The first-order valence-electron chi connectivity index (χ1n) is 8.66. The summed E-state index contributed by atoms with van der Waals surface area (Å²) in [5.74, 6) is 0.698. The van der Waals surface area contributed by atoms with Gasteiger partial charge in [0.1, 0.15) is 6.04 Å². The Labute approximate surface area is 147 Å². The lowest BCUT2D eigenvalue weighted by molar-refractivity contribution is -0.137. The molecule has 1 aliphatic rings. The highest BCUT2D eigenvalue weighted by Gasteiger charge is 2.25.